The molecule has 2 aromatic carbocycles. The zero-order chi connectivity index (χ0) is 20.5. The van der Waals surface area contributed by atoms with Gasteiger partial charge in [0, 0.05) is 22.9 Å². The van der Waals surface area contributed by atoms with Crippen LogP contribution in [-0.2, 0) is 4.79 Å². The average Bonchev–Trinajstić information content (AvgIpc) is 3.16. The largest absolute Gasteiger partial charge is 0.493 e. The predicted octanol–water partition coefficient (Wildman–Crippen LogP) is 4.03. The van der Waals surface area contributed by atoms with E-state index < -0.39 is 0 Å². The molecule has 1 aromatic heterocycles. The van der Waals surface area contributed by atoms with Crippen molar-refractivity contribution in [1.29, 1.82) is 0 Å². The topological polar surface area (TPSA) is 74.6 Å². The molecular weight excluding hydrogens is 394 g/mol. The summed E-state index contributed by atoms with van der Waals surface area (Å²) in [4.78, 5) is 12.5. The van der Waals surface area contributed by atoms with E-state index in [2.05, 4.69) is 10.4 Å². The SMILES string of the molecule is COc1cc([C@H]2CC(=O)Nc3c2cnn3-c2ccc(Cl)cc2)cc(OC)c1OC. The lowest BCUT2D eigenvalue weighted by molar-refractivity contribution is -0.116. The molecule has 8 heteroatoms. The van der Waals surface area contributed by atoms with Gasteiger partial charge in [0.15, 0.2) is 11.5 Å². The van der Waals surface area contributed by atoms with Crippen LogP contribution in [0.2, 0.25) is 5.02 Å². The zero-order valence-corrected chi connectivity index (χ0v) is 17.0. The van der Waals surface area contributed by atoms with Gasteiger partial charge in [0.05, 0.1) is 33.2 Å². The number of nitrogens with zero attached hydrogens (tertiary/aromatic N) is 2. The fraction of sp³-hybridized carbons (Fsp3) is 0.238. The van der Waals surface area contributed by atoms with Crippen LogP contribution in [0, 0.1) is 0 Å². The molecule has 2 heterocycles. The molecule has 7 nitrogen and oxygen atoms in total. The third-order valence-electron chi connectivity index (χ3n) is 4.98. The maximum atomic E-state index is 12.5. The Balaban J connectivity index is 1.82. The molecule has 0 fully saturated rings. The number of aromatic nitrogens is 2. The Kier molecular flexibility index (Phi) is 5.07. The van der Waals surface area contributed by atoms with Crippen LogP contribution in [0.25, 0.3) is 5.69 Å². The van der Waals surface area contributed by atoms with E-state index in [9.17, 15) is 4.79 Å². The number of carbonyl (C=O) groups excluding carboxylic acids is 1. The number of hydrogen-bond donors (Lipinski definition) is 1. The van der Waals surface area contributed by atoms with E-state index in [1.165, 1.54) is 0 Å². The van der Waals surface area contributed by atoms with Crippen molar-refractivity contribution < 1.29 is 19.0 Å². The van der Waals surface area contributed by atoms with Crippen LogP contribution in [0.5, 0.6) is 17.2 Å². The summed E-state index contributed by atoms with van der Waals surface area (Å²) < 4.78 is 18.1. The second-order valence-electron chi connectivity index (χ2n) is 6.60. The van der Waals surface area contributed by atoms with Gasteiger partial charge in [-0.05, 0) is 42.0 Å². The highest BCUT2D eigenvalue weighted by Gasteiger charge is 2.31. The van der Waals surface area contributed by atoms with E-state index in [0.29, 0.717) is 28.1 Å². The summed E-state index contributed by atoms with van der Waals surface area (Å²) in [6.45, 7) is 0. The molecule has 150 valence electrons. The van der Waals surface area contributed by atoms with Gasteiger partial charge in [-0.3, -0.25) is 4.79 Å². The Bertz CT molecular complexity index is 1040. The molecule has 1 aliphatic heterocycles. The Labute approximate surface area is 173 Å². The van der Waals surface area contributed by atoms with Gasteiger partial charge in [-0.15, -0.1) is 0 Å². The lowest BCUT2D eigenvalue weighted by atomic mass is 9.87. The molecule has 0 radical (unpaired) electrons. The van der Waals surface area contributed by atoms with Crippen molar-refractivity contribution in [2.24, 2.45) is 0 Å². The Morgan fingerprint density at radius 1 is 1.07 bits per heavy atom. The fourth-order valence-corrected chi connectivity index (χ4v) is 3.72. The van der Waals surface area contributed by atoms with E-state index in [4.69, 9.17) is 25.8 Å². The van der Waals surface area contributed by atoms with E-state index in [-0.39, 0.29) is 18.2 Å². The number of benzene rings is 2. The van der Waals surface area contributed by atoms with Crippen LogP contribution in [0.1, 0.15) is 23.5 Å². The molecule has 3 aromatic rings. The van der Waals surface area contributed by atoms with E-state index in [0.717, 1.165) is 16.8 Å². The first kappa shape index (κ1) is 19.1. The van der Waals surface area contributed by atoms with Gasteiger partial charge >= 0.3 is 0 Å². The predicted molar refractivity (Wildman–Crippen MR) is 110 cm³/mol. The third-order valence-corrected chi connectivity index (χ3v) is 5.23. The molecule has 0 spiro atoms. The highest BCUT2D eigenvalue weighted by Crippen LogP contribution is 2.44. The molecule has 1 N–H and O–H groups in total. The summed E-state index contributed by atoms with van der Waals surface area (Å²) in [5.41, 5.74) is 2.60. The number of amides is 1. The maximum Gasteiger partial charge on any atom is 0.226 e. The summed E-state index contributed by atoms with van der Waals surface area (Å²) in [5, 5.41) is 8.07. The minimum absolute atomic E-state index is 0.0908. The van der Waals surface area contributed by atoms with Gasteiger partial charge in [0.25, 0.3) is 0 Å². The lowest BCUT2D eigenvalue weighted by Gasteiger charge is -2.25. The Morgan fingerprint density at radius 2 is 1.72 bits per heavy atom. The van der Waals surface area contributed by atoms with Crippen LogP contribution in [0.4, 0.5) is 5.82 Å². The van der Waals surface area contributed by atoms with Gasteiger partial charge < -0.3 is 19.5 Å². The first-order valence-electron chi connectivity index (χ1n) is 8.99. The molecule has 29 heavy (non-hydrogen) atoms. The number of fused-ring (bicyclic) bond motifs is 1. The highest BCUT2D eigenvalue weighted by molar-refractivity contribution is 6.30. The Morgan fingerprint density at radius 3 is 2.31 bits per heavy atom. The van der Waals surface area contributed by atoms with Crippen molar-refractivity contribution in [2.75, 3.05) is 26.6 Å². The van der Waals surface area contributed by atoms with E-state index in [1.54, 1.807) is 44.3 Å². The molecule has 1 aliphatic rings. The zero-order valence-electron chi connectivity index (χ0n) is 16.2. The van der Waals surface area contributed by atoms with Crippen LogP contribution in [-0.4, -0.2) is 37.0 Å². The Hall–Kier alpha value is -3.19. The van der Waals surface area contributed by atoms with Crippen molar-refractivity contribution >= 4 is 23.3 Å². The summed E-state index contributed by atoms with van der Waals surface area (Å²) in [6, 6.07) is 11.0. The molecular formula is C21H20ClN3O4. The van der Waals surface area contributed by atoms with Gasteiger partial charge in [-0.2, -0.15) is 5.10 Å². The lowest BCUT2D eigenvalue weighted by Crippen LogP contribution is -2.24. The average molecular weight is 414 g/mol. The number of halogens is 1. The minimum atomic E-state index is -0.200. The van der Waals surface area contributed by atoms with Gasteiger partial charge in [0.2, 0.25) is 11.7 Å². The number of methoxy groups -OCH3 is 3. The highest BCUT2D eigenvalue weighted by atomic mass is 35.5. The smallest absolute Gasteiger partial charge is 0.226 e. The van der Waals surface area contributed by atoms with Crippen LogP contribution in [0.3, 0.4) is 0 Å². The standard InChI is InChI=1S/C21H20ClN3O4/c1-27-17-8-12(9-18(28-2)20(17)29-3)15-10-19(26)24-21-16(15)11-23-25(21)14-6-4-13(22)5-7-14/h4-9,11,15H,10H2,1-3H3,(H,24,26)/t15-/m1/s1. The minimum Gasteiger partial charge on any atom is -0.493 e. The van der Waals surface area contributed by atoms with Crippen LogP contribution >= 0.6 is 11.6 Å². The molecule has 0 aliphatic carbocycles. The summed E-state index contributed by atoms with van der Waals surface area (Å²) in [5.74, 6) is 1.94. The molecule has 0 unspecified atom stereocenters. The molecule has 0 saturated heterocycles. The number of carbonyl (C=O) groups is 1. The van der Waals surface area contributed by atoms with Crippen LogP contribution in [0.15, 0.2) is 42.6 Å². The normalized spacial score (nSPS) is 15.4. The molecule has 1 atom stereocenters. The molecule has 1 amide bonds. The molecule has 0 bridgehead atoms. The first-order chi connectivity index (χ1) is 14.0. The summed E-state index contributed by atoms with van der Waals surface area (Å²) >= 11 is 5.99. The number of ether oxygens (including phenoxy) is 3. The van der Waals surface area contributed by atoms with Gasteiger partial charge in [-0.25, -0.2) is 4.68 Å². The van der Waals surface area contributed by atoms with Crippen LogP contribution < -0.4 is 19.5 Å². The van der Waals surface area contributed by atoms with E-state index in [1.807, 2.05) is 24.3 Å². The third kappa shape index (κ3) is 3.38. The molecule has 0 saturated carbocycles. The second-order valence-corrected chi connectivity index (χ2v) is 7.04. The maximum absolute atomic E-state index is 12.5. The van der Waals surface area contributed by atoms with Crippen molar-refractivity contribution in [3.05, 3.63) is 58.7 Å². The molecule has 4 rings (SSSR count). The number of anilines is 1. The number of rotatable bonds is 5. The van der Waals surface area contributed by atoms with Gasteiger partial charge in [-0.1, -0.05) is 11.6 Å². The fourth-order valence-electron chi connectivity index (χ4n) is 3.60. The van der Waals surface area contributed by atoms with Crippen molar-refractivity contribution in [1.82, 2.24) is 9.78 Å². The number of hydrogen-bond acceptors (Lipinski definition) is 5. The summed E-state index contributed by atoms with van der Waals surface area (Å²) in [7, 11) is 4.69. The monoisotopic (exact) mass is 413 g/mol. The second kappa shape index (κ2) is 7.67. The first-order valence-corrected chi connectivity index (χ1v) is 9.37. The van der Waals surface area contributed by atoms with Crippen molar-refractivity contribution in [3.8, 4) is 22.9 Å². The summed E-state index contributed by atoms with van der Waals surface area (Å²) in [6.07, 6.45) is 2.06. The quantitative estimate of drug-likeness (QED) is 0.683. The van der Waals surface area contributed by atoms with Crippen molar-refractivity contribution in [3.63, 3.8) is 0 Å². The number of nitrogens with one attached hydrogen (secondary N) is 1. The van der Waals surface area contributed by atoms with Crippen molar-refractivity contribution in [2.45, 2.75) is 12.3 Å². The van der Waals surface area contributed by atoms with Gasteiger partial charge in [0.1, 0.15) is 5.82 Å². The van der Waals surface area contributed by atoms with E-state index >= 15 is 0 Å².